The summed E-state index contributed by atoms with van der Waals surface area (Å²) in [5, 5.41) is 0. The van der Waals surface area contributed by atoms with E-state index in [0.29, 0.717) is 25.2 Å². The average Bonchev–Trinajstić information content (AvgIpc) is 3.29. The molecule has 1 saturated heterocycles. The van der Waals surface area contributed by atoms with Crippen LogP contribution in [0.3, 0.4) is 0 Å². The largest absolute Gasteiger partial charge is 0.497 e. The van der Waals surface area contributed by atoms with Gasteiger partial charge in [-0.05, 0) is 35.4 Å². The highest BCUT2D eigenvalue weighted by Crippen LogP contribution is 2.36. The van der Waals surface area contributed by atoms with E-state index in [2.05, 4.69) is 0 Å². The van der Waals surface area contributed by atoms with Crippen molar-refractivity contribution in [3.8, 4) is 5.75 Å². The van der Waals surface area contributed by atoms with Gasteiger partial charge in [0, 0.05) is 38.2 Å². The van der Waals surface area contributed by atoms with E-state index >= 15 is 0 Å². The van der Waals surface area contributed by atoms with Gasteiger partial charge in [0.25, 0.3) is 5.91 Å². The van der Waals surface area contributed by atoms with Crippen molar-refractivity contribution in [2.45, 2.75) is 12.5 Å². The Morgan fingerprint density at radius 1 is 0.938 bits per heavy atom. The molecule has 3 aromatic carbocycles. The second kappa shape index (κ2) is 9.69. The number of likely N-dealkylation sites (tertiary alicyclic amines) is 1. The Morgan fingerprint density at radius 3 is 2.31 bits per heavy atom. The molecule has 2 amide bonds. The third-order valence-electron chi connectivity index (χ3n) is 6.11. The zero-order valence-corrected chi connectivity index (χ0v) is 18.5. The van der Waals surface area contributed by atoms with Crippen LogP contribution in [-0.4, -0.2) is 48.9 Å². The summed E-state index contributed by atoms with van der Waals surface area (Å²) < 4.78 is 5.40. The average molecular weight is 429 g/mol. The van der Waals surface area contributed by atoms with E-state index in [4.69, 9.17) is 4.74 Å². The molecule has 164 valence electrons. The molecule has 2 atom stereocenters. The van der Waals surface area contributed by atoms with Gasteiger partial charge in [-0.3, -0.25) is 9.59 Å². The lowest BCUT2D eigenvalue weighted by Gasteiger charge is -2.25. The molecule has 0 radical (unpaired) electrons. The molecule has 1 fully saturated rings. The van der Waals surface area contributed by atoms with Crippen molar-refractivity contribution < 1.29 is 14.3 Å². The minimum atomic E-state index is -0.316. The summed E-state index contributed by atoms with van der Waals surface area (Å²) in [6.45, 7) is 1.43. The van der Waals surface area contributed by atoms with Crippen LogP contribution >= 0.6 is 0 Å². The maximum atomic E-state index is 13.5. The fraction of sp³-hybridized carbons (Fsp3) is 0.259. The first kappa shape index (κ1) is 21.6. The lowest BCUT2D eigenvalue weighted by atomic mass is 9.88. The third-order valence-corrected chi connectivity index (χ3v) is 6.11. The molecule has 2 unspecified atom stereocenters. The number of carbonyl (C=O) groups is 2. The molecular formula is C27H28N2O3. The van der Waals surface area contributed by atoms with Crippen molar-refractivity contribution in [1.29, 1.82) is 0 Å². The summed E-state index contributed by atoms with van der Waals surface area (Å²) in [6, 6.07) is 27.0. The van der Waals surface area contributed by atoms with E-state index in [9.17, 15) is 9.59 Å². The van der Waals surface area contributed by atoms with E-state index in [-0.39, 0.29) is 23.7 Å². The van der Waals surface area contributed by atoms with Gasteiger partial charge in [-0.1, -0.05) is 60.7 Å². The second-order valence-electron chi connectivity index (χ2n) is 8.25. The molecule has 0 aromatic heterocycles. The molecule has 4 rings (SSSR count). The molecule has 0 bridgehead atoms. The molecule has 0 N–H and O–H groups in total. The predicted molar refractivity (Wildman–Crippen MR) is 124 cm³/mol. The number of hydrogen-bond acceptors (Lipinski definition) is 3. The lowest BCUT2D eigenvalue weighted by molar-refractivity contribution is -0.134. The predicted octanol–water partition coefficient (Wildman–Crippen LogP) is 4.21. The van der Waals surface area contributed by atoms with Gasteiger partial charge >= 0.3 is 0 Å². The highest BCUT2D eigenvalue weighted by molar-refractivity contribution is 5.95. The minimum absolute atomic E-state index is 0.0421. The summed E-state index contributed by atoms with van der Waals surface area (Å²) in [5.41, 5.74) is 2.73. The van der Waals surface area contributed by atoms with Gasteiger partial charge in [0.15, 0.2) is 0 Å². The summed E-state index contributed by atoms with van der Waals surface area (Å²) in [7, 11) is 3.47. The summed E-state index contributed by atoms with van der Waals surface area (Å²) >= 11 is 0. The number of ether oxygens (including phenoxy) is 1. The zero-order chi connectivity index (χ0) is 22.5. The SMILES string of the molecule is COc1cccc(C2CN(C(=O)c3ccccc3)CC2C(=O)N(C)Cc2ccccc2)c1. The lowest BCUT2D eigenvalue weighted by Crippen LogP contribution is -2.36. The summed E-state index contributed by atoms with van der Waals surface area (Å²) in [6.07, 6.45) is 0. The van der Waals surface area contributed by atoms with Gasteiger partial charge in [-0.15, -0.1) is 0 Å². The monoisotopic (exact) mass is 428 g/mol. The fourth-order valence-electron chi connectivity index (χ4n) is 4.41. The molecule has 1 heterocycles. The highest BCUT2D eigenvalue weighted by atomic mass is 16.5. The maximum Gasteiger partial charge on any atom is 0.253 e. The molecule has 3 aromatic rings. The first-order valence-corrected chi connectivity index (χ1v) is 10.8. The van der Waals surface area contributed by atoms with Crippen LogP contribution in [-0.2, 0) is 11.3 Å². The number of carbonyl (C=O) groups excluding carboxylic acids is 2. The number of methoxy groups -OCH3 is 1. The second-order valence-corrected chi connectivity index (χ2v) is 8.25. The van der Waals surface area contributed by atoms with Crippen LogP contribution in [0.1, 0.15) is 27.4 Å². The van der Waals surface area contributed by atoms with E-state index in [1.807, 2.05) is 92.0 Å². The number of benzene rings is 3. The molecule has 0 spiro atoms. The standard InChI is InChI=1S/C27H28N2O3/c1-28(17-20-10-5-3-6-11-20)27(31)25-19-29(26(30)21-12-7-4-8-13-21)18-24(25)22-14-9-15-23(16-22)32-2/h3-16,24-25H,17-19H2,1-2H3. The molecular weight excluding hydrogens is 400 g/mol. The Labute approximate surface area is 189 Å². The Hall–Kier alpha value is -3.60. The van der Waals surface area contributed by atoms with Gasteiger partial charge in [0.05, 0.1) is 13.0 Å². The summed E-state index contributed by atoms with van der Waals surface area (Å²) in [4.78, 5) is 30.3. The van der Waals surface area contributed by atoms with Crippen LogP contribution in [0, 0.1) is 5.92 Å². The first-order chi connectivity index (χ1) is 15.6. The molecule has 0 aliphatic carbocycles. The Balaban J connectivity index is 1.60. The van der Waals surface area contributed by atoms with Crippen molar-refractivity contribution in [3.05, 3.63) is 102 Å². The van der Waals surface area contributed by atoms with Crippen molar-refractivity contribution in [2.75, 3.05) is 27.2 Å². The Morgan fingerprint density at radius 2 is 1.62 bits per heavy atom. The minimum Gasteiger partial charge on any atom is -0.497 e. The van der Waals surface area contributed by atoms with Crippen molar-refractivity contribution in [1.82, 2.24) is 9.80 Å². The molecule has 32 heavy (non-hydrogen) atoms. The topological polar surface area (TPSA) is 49.9 Å². The van der Waals surface area contributed by atoms with E-state index in [0.717, 1.165) is 16.9 Å². The van der Waals surface area contributed by atoms with Crippen molar-refractivity contribution >= 4 is 11.8 Å². The van der Waals surface area contributed by atoms with Crippen LogP contribution in [0.4, 0.5) is 0 Å². The highest BCUT2D eigenvalue weighted by Gasteiger charge is 2.41. The molecule has 0 saturated carbocycles. The number of nitrogens with zero attached hydrogens (tertiary/aromatic N) is 2. The molecule has 1 aliphatic heterocycles. The van der Waals surface area contributed by atoms with Crippen LogP contribution in [0.5, 0.6) is 5.75 Å². The van der Waals surface area contributed by atoms with Gasteiger partial charge in [0.2, 0.25) is 5.91 Å². The van der Waals surface area contributed by atoms with E-state index < -0.39 is 0 Å². The first-order valence-electron chi connectivity index (χ1n) is 10.8. The molecule has 1 aliphatic rings. The van der Waals surface area contributed by atoms with Gasteiger partial charge in [0.1, 0.15) is 5.75 Å². The van der Waals surface area contributed by atoms with Crippen LogP contribution < -0.4 is 4.74 Å². The zero-order valence-electron chi connectivity index (χ0n) is 18.5. The van der Waals surface area contributed by atoms with Crippen molar-refractivity contribution in [3.63, 3.8) is 0 Å². The fourth-order valence-corrected chi connectivity index (χ4v) is 4.41. The number of amides is 2. The number of rotatable bonds is 6. The van der Waals surface area contributed by atoms with Crippen LogP contribution in [0.15, 0.2) is 84.9 Å². The maximum absolute atomic E-state index is 13.5. The van der Waals surface area contributed by atoms with E-state index in [1.165, 1.54) is 0 Å². The number of hydrogen-bond donors (Lipinski definition) is 0. The van der Waals surface area contributed by atoms with Gasteiger partial charge < -0.3 is 14.5 Å². The Bertz CT molecular complexity index is 1070. The smallest absolute Gasteiger partial charge is 0.253 e. The van der Waals surface area contributed by atoms with Gasteiger partial charge in [-0.2, -0.15) is 0 Å². The van der Waals surface area contributed by atoms with Crippen LogP contribution in [0.25, 0.3) is 0 Å². The Kier molecular flexibility index (Phi) is 6.55. The molecule has 5 heteroatoms. The third kappa shape index (κ3) is 4.67. The quantitative estimate of drug-likeness (QED) is 0.591. The van der Waals surface area contributed by atoms with Crippen molar-refractivity contribution in [2.24, 2.45) is 5.92 Å². The van der Waals surface area contributed by atoms with E-state index in [1.54, 1.807) is 16.9 Å². The molecule has 5 nitrogen and oxygen atoms in total. The summed E-state index contributed by atoms with van der Waals surface area (Å²) in [5.74, 6) is 0.343. The van der Waals surface area contributed by atoms with Gasteiger partial charge in [-0.25, -0.2) is 0 Å². The normalized spacial score (nSPS) is 17.8. The van der Waals surface area contributed by atoms with Crippen LogP contribution in [0.2, 0.25) is 0 Å².